The molecule has 0 aliphatic rings. The van der Waals surface area contributed by atoms with Gasteiger partial charge in [-0.15, -0.1) is 0 Å². The standard InChI is InChI=1S/C8H9NO2.C2H6/c1-6-4-3-5-7(9-6)8(10)11-2;1-2/h3-5H,1-2H3;1-2H3. The molecule has 0 aliphatic carbocycles. The molecule has 0 aliphatic heterocycles. The van der Waals surface area contributed by atoms with Gasteiger partial charge in [0.2, 0.25) is 0 Å². The van der Waals surface area contributed by atoms with E-state index < -0.39 is 5.97 Å². The average molecular weight is 181 g/mol. The van der Waals surface area contributed by atoms with Gasteiger partial charge < -0.3 is 4.74 Å². The van der Waals surface area contributed by atoms with Crippen molar-refractivity contribution < 1.29 is 9.53 Å². The Bertz CT molecular complexity index is 271. The molecule has 0 spiro atoms. The van der Waals surface area contributed by atoms with Crippen LogP contribution in [0.25, 0.3) is 0 Å². The molecular formula is C10H15NO2. The van der Waals surface area contributed by atoms with Crippen molar-refractivity contribution in [3.05, 3.63) is 29.6 Å². The number of nitrogens with zero attached hydrogens (tertiary/aromatic N) is 1. The van der Waals surface area contributed by atoms with Crippen molar-refractivity contribution in [2.75, 3.05) is 7.11 Å². The number of carbonyl (C=O) groups is 1. The van der Waals surface area contributed by atoms with Crippen LogP contribution >= 0.6 is 0 Å². The average Bonchev–Trinajstić information content (AvgIpc) is 2.20. The smallest absolute Gasteiger partial charge is 0.356 e. The number of ether oxygens (including phenoxy) is 1. The topological polar surface area (TPSA) is 39.2 Å². The highest BCUT2D eigenvalue weighted by atomic mass is 16.5. The van der Waals surface area contributed by atoms with Gasteiger partial charge in [-0.1, -0.05) is 19.9 Å². The number of methoxy groups -OCH3 is 1. The minimum Gasteiger partial charge on any atom is -0.464 e. The maximum absolute atomic E-state index is 10.9. The first-order valence-electron chi connectivity index (χ1n) is 4.26. The van der Waals surface area contributed by atoms with Crippen molar-refractivity contribution in [3.63, 3.8) is 0 Å². The van der Waals surface area contributed by atoms with Crippen LogP contribution in [-0.4, -0.2) is 18.1 Å². The van der Waals surface area contributed by atoms with E-state index in [9.17, 15) is 4.79 Å². The molecule has 0 bridgehead atoms. The Kier molecular flexibility index (Phi) is 5.52. The third-order valence-corrected chi connectivity index (χ3v) is 1.28. The fourth-order valence-corrected chi connectivity index (χ4v) is 0.761. The summed E-state index contributed by atoms with van der Waals surface area (Å²) in [5.74, 6) is -0.395. The SMILES string of the molecule is CC.COC(=O)c1cccc(C)n1. The molecule has 1 heterocycles. The number of rotatable bonds is 1. The lowest BCUT2D eigenvalue weighted by atomic mass is 10.3. The Morgan fingerprint density at radius 3 is 2.46 bits per heavy atom. The summed E-state index contributed by atoms with van der Waals surface area (Å²) in [4.78, 5) is 14.9. The third kappa shape index (κ3) is 3.69. The molecule has 72 valence electrons. The van der Waals surface area contributed by atoms with Crippen LogP contribution in [0.4, 0.5) is 0 Å². The molecule has 0 atom stereocenters. The maximum atomic E-state index is 10.9. The molecule has 13 heavy (non-hydrogen) atoms. The summed E-state index contributed by atoms with van der Waals surface area (Å²) < 4.78 is 4.49. The van der Waals surface area contributed by atoms with Gasteiger partial charge >= 0.3 is 5.97 Å². The van der Waals surface area contributed by atoms with E-state index in [-0.39, 0.29) is 0 Å². The lowest BCUT2D eigenvalue weighted by Crippen LogP contribution is -2.04. The lowest BCUT2D eigenvalue weighted by molar-refractivity contribution is 0.0594. The third-order valence-electron chi connectivity index (χ3n) is 1.28. The van der Waals surface area contributed by atoms with Crippen molar-refractivity contribution in [2.24, 2.45) is 0 Å². The van der Waals surface area contributed by atoms with E-state index in [0.29, 0.717) is 5.69 Å². The van der Waals surface area contributed by atoms with Gasteiger partial charge in [-0.25, -0.2) is 9.78 Å². The Morgan fingerprint density at radius 2 is 2.00 bits per heavy atom. The number of aromatic nitrogens is 1. The first-order chi connectivity index (χ1) is 6.24. The zero-order valence-electron chi connectivity index (χ0n) is 8.50. The van der Waals surface area contributed by atoms with Crippen molar-refractivity contribution in [3.8, 4) is 0 Å². The minimum atomic E-state index is -0.395. The molecule has 0 saturated heterocycles. The minimum absolute atomic E-state index is 0.354. The fourth-order valence-electron chi connectivity index (χ4n) is 0.761. The van der Waals surface area contributed by atoms with Gasteiger partial charge in [0, 0.05) is 5.69 Å². The zero-order valence-corrected chi connectivity index (χ0v) is 8.50. The molecular weight excluding hydrogens is 166 g/mol. The molecule has 0 N–H and O–H groups in total. The summed E-state index contributed by atoms with van der Waals surface area (Å²) >= 11 is 0. The Hall–Kier alpha value is -1.38. The Balaban J connectivity index is 0.000000671. The van der Waals surface area contributed by atoms with Crippen molar-refractivity contribution in [1.82, 2.24) is 4.98 Å². The molecule has 1 aromatic rings. The van der Waals surface area contributed by atoms with E-state index in [0.717, 1.165) is 5.69 Å². The number of aryl methyl sites for hydroxylation is 1. The number of esters is 1. The predicted octanol–water partition coefficient (Wildman–Crippen LogP) is 2.20. The summed E-state index contributed by atoms with van der Waals surface area (Å²) in [5, 5.41) is 0. The molecule has 3 nitrogen and oxygen atoms in total. The number of pyridine rings is 1. The van der Waals surface area contributed by atoms with Gasteiger partial charge in [-0.05, 0) is 19.1 Å². The van der Waals surface area contributed by atoms with E-state index in [1.54, 1.807) is 12.1 Å². The van der Waals surface area contributed by atoms with E-state index in [4.69, 9.17) is 0 Å². The molecule has 0 unspecified atom stereocenters. The molecule has 0 amide bonds. The number of hydrogen-bond donors (Lipinski definition) is 0. The highest BCUT2D eigenvalue weighted by Crippen LogP contribution is 1.98. The zero-order chi connectivity index (χ0) is 10.3. The van der Waals surface area contributed by atoms with Gasteiger partial charge in [0.05, 0.1) is 7.11 Å². The molecule has 0 fully saturated rings. The van der Waals surface area contributed by atoms with Crippen LogP contribution in [0, 0.1) is 6.92 Å². The molecule has 3 heteroatoms. The number of hydrogen-bond acceptors (Lipinski definition) is 3. The predicted molar refractivity (Wildman–Crippen MR) is 51.7 cm³/mol. The van der Waals surface area contributed by atoms with E-state index in [1.165, 1.54) is 7.11 Å². The van der Waals surface area contributed by atoms with E-state index >= 15 is 0 Å². The second-order valence-corrected chi connectivity index (χ2v) is 2.16. The summed E-state index contributed by atoms with van der Waals surface area (Å²) in [6.07, 6.45) is 0. The number of carbonyl (C=O) groups excluding carboxylic acids is 1. The maximum Gasteiger partial charge on any atom is 0.356 e. The monoisotopic (exact) mass is 181 g/mol. The molecule has 0 aromatic carbocycles. The second kappa shape index (κ2) is 6.17. The van der Waals surface area contributed by atoms with Gasteiger partial charge in [-0.3, -0.25) is 0 Å². The summed E-state index contributed by atoms with van der Waals surface area (Å²) in [5.41, 5.74) is 1.17. The van der Waals surface area contributed by atoms with Crippen molar-refractivity contribution >= 4 is 5.97 Å². The van der Waals surface area contributed by atoms with E-state index in [2.05, 4.69) is 9.72 Å². The van der Waals surface area contributed by atoms with Crippen molar-refractivity contribution in [2.45, 2.75) is 20.8 Å². The van der Waals surface area contributed by atoms with Crippen LogP contribution in [0.5, 0.6) is 0 Å². The Morgan fingerprint density at radius 1 is 1.38 bits per heavy atom. The Labute approximate surface area is 78.8 Å². The van der Waals surface area contributed by atoms with Crippen LogP contribution in [-0.2, 0) is 4.74 Å². The van der Waals surface area contributed by atoms with Gasteiger partial charge in [-0.2, -0.15) is 0 Å². The lowest BCUT2D eigenvalue weighted by Gasteiger charge is -1.97. The summed E-state index contributed by atoms with van der Waals surface area (Å²) in [6, 6.07) is 5.22. The van der Waals surface area contributed by atoms with Crippen LogP contribution in [0.3, 0.4) is 0 Å². The fraction of sp³-hybridized carbons (Fsp3) is 0.400. The van der Waals surface area contributed by atoms with E-state index in [1.807, 2.05) is 26.8 Å². The normalized spacial score (nSPS) is 8.31. The molecule has 1 aromatic heterocycles. The second-order valence-electron chi connectivity index (χ2n) is 2.16. The quantitative estimate of drug-likeness (QED) is 0.623. The summed E-state index contributed by atoms with van der Waals surface area (Å²) in [6.45, 7) is 5.83. The summed E-state index contributed by atoms with van der Waals surface area (Å²) in [7, 11) is 1.34. The van der Waals surface area contributed by atoms with Crippen LogP contribution in [0.15, 0.2) is 18.2 Å². The largest absolute Gasteiger partial charge is 0.464 e. The highest BCUT2D eigenvalue weighted by Gasteiger charge is 2.04. The first-order valence-corrected chi connectivity index (χ1v) is 4.26. The molecule has 0 saturated carbocycles. The van der Waals surface area contributed by atoms with Crippen molar-refractivity contribution in [1.29, 1.82) is 0 Å². The first kappa shape index (κ1) is 11.6. The van der Waals surface area contributed by atoms with Crippen LogP contribution < -0.4 is 0 Å². The highest BCUT2D eigenvalue weighted by molar-refractivity contribution is 5.87. The molecule has 0 radical (unpaired) electrons. The van der Waals surface area contributed by atoms with Gasteiger partial charge in [0.1, 0.15) is 5.69 Å². The van der Waals surface area contributed by atoms with Gasteiger partial charge in [0.25, 0.3) is 0 Å². The molecule has 1 rings (SSSR count). The van der Waals surface area contributed by atoms with Crippen LogP contribution in [0.1, 0.15) is 30.0 Å². The van der Waals surface area contributed by atoms with Crippen LogP contribution in [0.2, 0.25) is 0 Å². The van der Waals surface area contributed by atoms with Gasteiger partial charge in [0.15, 0.2) is 0 Å².